The van der Waals surface area contributed by atoms with E-state index in [2.05, 4.69) is 239 Å². The number of rotatable bonds is 5. The molecule has 3 aliphatic rings. The van der Waals surface area contributed by atoms with Crippen LogP contribution in [0.2, 0.25) is 0 Å². The zero-order valence-electron chi connectivity index (χ0n) is 44.7. The van der Waals surface area contributed by atoms with Gasteiger partial charge in [0.2, 0.25) is 0 Å². The summed E-state index contributed by atoms with van der Waals surface area (Å²) in [5.74, 6) is 0. The number of nitrogens with zero attached hydrogens (tertiary/aromatic N) is 2. The zero-order valence-corrected chi connectivity index (χ0v) is 41.7. The minimum atomic E-state index is -2.19. The van der Waals surface area contributed by atoms with Crippen LogP contribution in [0.3, 0.4) is 0 Å². The van der Waals surface area contributed by atoms with Crippen molar-refractivity contribution in [1.29, 1.82) is 0 Å². The molecule has 7 aromatic rings. The molecule has 7 aromatic carbocycles. The van der Waals surface area contributed by atoms with E-state index in [1.54, 1.807) is 0 Å². The van der Waals surface area contributed by atoms with Crippen LogP contribution >= 0.6 is 0 Å². The molecule has 0 aromatic heterocycles. The van der Waals surface area contributed by atoms with Gasteiger partial charge in [-0.25, -0.2) is 0 Å². The summed E-state index contributed by atoms with van der Waals surface area (Å²) < 4.78 is 26.3. The van der Waals surface area contributed by atoms with Gasteiger partial charge >= 0.3 is 0 Å². The highest BCUT2D eigenvalue weighted by Gasteiger charge is 2.48. The van der Waals surface area contributed by atoms with Crippen LogP contribution < -0.4 is 26.2 Å². The lowest BCUT2D eigenvalue weighted by Gasteiger charge is -2.46. The Morgan fingerprint density at radius 3 is 1.68 bits per heavy atom. The first kappa shape index (κ1) is 40.5. The van der Waals surface area contributed by atoms with Gasteiger partial charge in [-0.2, -0.15) is 0 Å². The second-order valence-corrected chi connectivity index (χ2v) is 24.0. The van der Waals surface area contributed by atoms with Gasteiger partial charge in [-0.15, -0.1) is 0 Å². The van der Waals surface area contributed by atoms with E-state index < -0.39 is 6.85 Å². The first-order chi connectivity index (χ1) is 32.2. The van der Waals surface area contributed by atoms with Gasteiger partial charge in [0.1, 0.15) is 0 Å². The highest BCUT2D eigenvalue weighted by molar-refractivity contribution is 7.00. The smallest absolute Gasteiger partial charge is 0.252 e. The molecule has 0 saturated carbocycles. The summed E-state index contributed by atoms with van der Waals surface area (Å²) in [6, 6.07) is 52.4. The van der Waals surface area contributed by atoms with Crippen LogP contribution in [0.15, 0.2) is 140 Å². The van der Waals surface area contributed by atoms with Gasteiger partial charge in [0.15, 0.2) is 0 Å². The van der Waals surface area contributed by atoms with Crippen molar-refractivity contribution in [3.05, 3.63) is 173 Å². The highest BCUT2D eigenvalue weighted by Crippen LogP contribution is 2.54. The van der Waals surface area contributed by atoms with Crippen molar-refractivity contribution in [3.63, 3.8) is 0 Å². The van der Waals surface area contributed by atoms with Gasteiger partial charge in [0.05, 0.1) is 5.69 Å². The first-order valence-electron chi connectivity index (χ1n) is 25.7. The first-order valence-corrected chi connectivity index (χ1v) is 24.2. The van der Waals surface area contributed by atoms with Crippen LogP contribution in [0.5, 0.6) is 0 Å². The molecule has 66 heavy (non-hydrogen) atoms. The molecule has 0 atom stereocenters. The van der Waals surface area contributed by atoms with Crippen molar-refractivity contribution >= 4 is 57.2 Å². The molecule has 0 bridgehead atoms. The highest BCUT2D eigenvalue weighted by atomic mass is 15.2. The van der Waals surface area contributed by atoms with Crippen LogP contribution in [0, 0.1) is 0 Å². The molecule has 0 amide bonds. The molecule has 0 fully saturated rings. The summed E-state index contributed by atoms with van der Waals surface area (Å²) in [5, 5.41) is 0. The SMILES string of the molecule is [2H]C([2H])([2H])Cc1cc2c3c(c1)N(c1cc(-c4ccccc4)c(C(C)(C)C)cc1-c1ccccc1)c1cc4c(cc1B3c1ccc(C(C)(C)C)cc1N2c1cccc(C(C)(C)C)c1)C(C)(C)CC4(C)C. The van der Waals surface area contributed by atoms with Crippen molar-refractivity contribution in [2.75, 3.05) is 9.80 Å². The fourth-order valence-electron chi connectivity index (χ4n) is 11.8. The number of hydrogen-bond donors (Lipinski definition) is 0. The second kappa shape index (κ2) is 15.1. The largest absolute Gasteiger partial charge is 0.311 e. The van der Waals surface area contributed by atoms with Gasteiger partial charge < -0.3 is 9.80 Å². The van der Waals surface area contributed by atoms with Crippen molar-refractivity contribution in [2.24, 2.45) is 0 Å². The Kier molecular flexibility index (Phi) is 9.27. The lowest BCUT2D eigenvalue weighted by Crippen LogP contribution is -2.61. The molecular weight excluding hydrogens is 796 g/mol. The molecule has 1 aliphatic carbocycles. The molecule has 2 aliphatic heterocycles. The molecule has 3 heteroatoms. The van der Waals surface area contributed by atoms with E-state index >= 15 is 0 Å². The van der Waals surface area contributed by atoms with Crippen LogP contribution in [0.25, 0.3) is 22.3 Å². The van der Waals surface area contributed by atoms with E-state index in [1.807, 2.05) is 0 Å². The number of aryl methyl sites for hydroxylation is 1. The summed E-state index contributed by atoms with van der Waals surface area (Å²) in [6.45, 7) is 28.0. The molecular formula is C63H69BN2. The van der Waals surface area contributed by atoms with Gasteiger partial charge in [0, 0.05) is 38.1 Å². The van der Waals surface area contributed by atoms with E-state index in [-0.39, 0.29) is 40.2 Å². The van der Waals surface area contributed by atoms with Gasteiger partial charge in [-0.1, -0.05) is 188 Å². The maximum absolute atomic E-state index is 8.77. The topological polar surface area (TPSA) is 6.48 Å². The Morgan fingerprint density at radius 1 is 0.500 bits per heavy atom. The Morgan fingerprint density at radius 2 is 1.08 bits per heavy atom. The maximum Gasteiger partial charge on any atom is 0.252 e. The summed E-state index contributed by atoms with van der Waals surface area (Å²) in [5.41, 5.74) is 21.8. The van der Waals surface area contributed by atoms with Gasteiger partial charge in [-0.05, 0) is 155 Å². The summed E-state index contributed by atoms with van der Waals surface area (Å²) >= 11 is 0. The molecule has 0 N–H and O–H groups in total. The lowest BCUT2D eigenvalue weighted by atomic mass is 9.33. The minimum Gasteiger partial charge on any atom is -0.311 e. The average molecular weight is 868 g/mol. The number of fused-ring (bicyclic) bond motifs is 5. The van der Waals surface area contributed by atoms with Crippen molar-refractivity contribution < 1.29 is 4.11 Å². The molecule has 334 valence electrons. The van der Waals surface area contributed by atoms with E-state index in [0.29, 0.717) is 0 Å². The Hall–Kier alpha value is -5.80. The Labute approximate surface area is 401 Å². The van der Waals surface area contributed by atoms with Crippen molar-refractivity contribution in [2.45, 2.75) is 137 Å². The van der Waals surface area contributed by atoms with Crippen LogP contribution in [0.4, 0.5) is 34.1 Å². The standard InChI is InChI=1S/C63H69BN2/c1-15-40-31-56-58-57(32-40)66(53-36-46(41-23-18-16-19-24-41)48(61(8,9)10)35-47(53)42-25-20-17-21-26-42)55-38-50-49(62(11,12)39-63(50,13)14)37-52(55)64(58)51-30-29-44(60(5,6)7)34-54(51)65(56)45-28-22-27-43(33-45)59(2,3)4/h16-38H,15,39H2,1-14H3/i1D3. The number of anilines is 6. The predicted molar refractivity (Wildman–Crippen MR) is 287 cm³/mol. The number of benzene rings is 7. The molecule has 0 unspecified atom stereocenters. The Balaban J connectivity index is 1.40. The molecule has 0 spiro atoms. The average Bonchev–Trinajstić information content (AvgIpc) is 3.45. The summed E-state index contributed by atoms with van der Waals surface area (Å²) in [7, 11) is 0. The summed E-state index contributed by atoms with van der Waals surface area (Å²) in [4.78, 5) is 5.02. The van der Waals surface area contributed by atoms with Crippen LogP contribution in [-0.2, 0) is 33.5 Å². The third-order valence-electron chi connectivity index (χ3n) is 15.0. The van der Waals surface area contributed by atoms with E-state index in [4.69, 9.17) is 4.11 Å². The van der Waals surface area contributed by atoms with Gasteiger partial charge in [0.25, 0.3) is 6.71 Å². The van der Waals surface area contributed by atoms with E-state index in [9.17, 15) is 0 Å². The van der Waals surface area contributed by atoms with E-state index in [0.717, 1.165) is 57.2 Å². The van der Waals surface area contributed by atoms with Crippen molar-refractivity contribution in [1.82, 2.24) is 0 Å². The van der Waals surface area contributed by atoms with Crippen LogP contribution in [0.1, 0.15) is 141 Å². The Bertz CT molecular complexity index is 3160. The summed E-state index contributed by atoms with van der Waals surface area (Å²) in [6.07, 6.45) is 0.986. The van der Waals surface area contributed by atoms with E-state index in [1.165, 1.54) is 55.3 Å². The maximum atomic E-state index is 8.77. The zero-order chi connectivity index (χ0) is 49.4. The lowest BCUT2D eigenvalue weighted by molar-refractivity contribution is 0.403. The van der Waals surface area contributed by atoms with Crippen molar-refractivity contribution in [3.8, 4) is 22.3 Å². The third kappa shape index (κ3) is 7.15. The van der Waals surface area contributed by atoms with Gasteiger partial charge in [-0.3, -0.25) is 0 Å². The molecule has 2 nitrogen and oxygen atoms in total. The monoisotopic (exact) mass is 868 g/mol. The fourth-order valence-corrected chi connectivity index (χ4v) is 11.8. The molecule has 10 rings (SSSR count). The fraction of sp³-hybridized carbons (Fsp3) is 0.333. The molecule has 0 saturated heterocycles. The predicted octanol–water partition coefficient (Wildman–Crippen LogP) is 15.5. The molecule has 2 heterocycles. The third-order valence-corrected chi connectivity index (χ3v) is 15.0. The number of hydrogen-bond acceptors (Lipinski definition) is 2. The molecule has 0 radical (unpaired) electrons. The normalized spacial score (nSPS) is 16.7. The second-order valence-electron chi connectivity index (χ2n) is 24.0. The quantitative estimate of drug-likeness (QED) is 0.159. The minimum absolute atomic E-state index is 0.0393. The van der Waals surface area contributed by atoms with Crippen LogP contribution in [-0.4, -0.2) is 6.71 Å².